The number of benzene rings is 1. The van der Waals surface area contributed by atoms with Crippen molar-refractivity contribution < 1.29 is 14.3 Å². The Kier molecular flexibility index (Phi) is 8.67. The molecule has 7 heteroatoms. The highest BCUT2D eigenvalue weighted by Gasteiger charge is 2.20. The van der Waals surface area contributed by atoms with Crippen LogP contribution in [0.4, 0.5) is 0 Å². The van der Waals surface area contributed by atoms with Gasteiger partial charge in [-0.25, -0.2) is 0 Å². The largest absolute Gasteiger partial charge is 0.493 e. The fourth-order valence-corrected chi connectivity index (χ4v) is 2.70. The molecule has 5 nitrogen and oxygen atoms in total. The number of hydrogen-bond acceptors (Lipinski definition) is 4. The van der Waals surface area contributed by atoms with Crippen LogP contribution in [0.1, 0.15) is 37.0 Å². The molecular weight excluding hydrogens is 351 g/mol. The van der Waals surface area contributed by atoms with Gasteiger partial charge in [-0.05, 0) is 37.4 Å². The zero-order chi connectivity index (χ0) is 16.8. The standard InChI is InChI=1S/C17H25ClN2O3.ClH/c1-11(2)5-7-23-16-14(18)8-12(9-15(16)22-3)17(21)20-13-4-6-19-10-13;/h8-9,11,13,19H,4-7,10H2,1-3H3,(H,20,21);1H. The Hall–Kier alpha value is -1.17. The van der Waals surface area contributed by atoms with E-state index in [1.807, 2.05) is 0 Å². The van der Waals surface area contributed by atoms with E-state index < -0.39 is 0 Å². The number of amides is 1. The maximum Gasteiger partial charge on any atom is 0.251 e. The number of rotatable bonds is 7. The Morgan fingerprint density at radius 1 is 1.46 bits per heavy atom. The maximum absolute atomic E-state index is 12.3. The van der Waals surface area contributed by atoms with Crippen molar-refractivity contribution in [2.24, 2.45) is 5.92 Å². The highest BCUT2D eigenvalue weighted by atomic mass is 35.5. The van der Waals surface area contributed by atoms with Crippen LogP contribution in [-0.4, -0.2) is 38.8 Å². The van der Waals surface area contributed by atoms with Crippen LogP contribution in [-0.2, 0) is 0 Å². The first-order valence-electron chi connectivity index (χ1n) is 8.03. The second kappa shape index (κ2) is 9.97. The minimum Gasteiger partial charge on any atom is -0.493 e. The van der Waals surface area contributed by atoms with Crippen molar-refractivity contribution in [3.8, 4) is 11.5 Å². The Morgan fingerprint density at radius 2 is 2.21 bits per heavy atom. The molecule has 0 saturated carbocycles. The van der Waals surface area contributed by atoms with Crippen LogP contribution in [0, 0.1) is 5.92 Å². The van der Waals surface area contributed by atoms with Crippen molar-refractivity contribution in [1.82, 2.24) is 10.6 Å². The second-order valence-corrected chi connectivity index (χ2v) is 6.59. The summed E-state index contributed by atoms with van der Waals surface area (Å²) >= 11 is 6.29. The SMILES string of the molecule is COc1cc(C(=O)NC2CCNC2)cc(Cl)c1OCCC(C)C.Cl. The lowest BCUT2D eigenvalue weighted by molar-refractivity contribution is 0.0939. The molecule has 2 rings (SSSR count). The number of carbonyl (C=O) groups is 1. The van der Waals surface area contributed by atoms with E-state index in [9.17, 15) is 4.79 Å². The highest BCUT2D eigenvalue weighted by Crippen LogP contribution is 2.36. The summed E-state index contributed by atoms with van der Waals surface area (Å²) < 4.78 is 11.1. The normalized spacial score (nSPS) is 16.6. The molecule has 0 spiro atoms. The lowest BCUT2D eigenvalue weighted by Crippen LogP contribution is -2.36. The summed E-state index contributed by atoms with van der Waals surface area (Å²) in [4.78, 5) is 12.3. The first-order chi connectivity index (χ1) is 11.0. The summed E-state index contributed by atoms with van der Waals surface area (Å²) in [6, 6.07) is 3.47. The smallest absolute Gasteiger partial charge is 0.251 e. The van der Waals surface area contributed by atoms with Crippen molar-refractivity contribution in [3.05, 3.63) is 22.7 Å². The molecule has 1 heterocycles. The third-order valence-corrected chi connectivity index (χ3v) is 4.11. The van der Waals surface area contributed by atoms with Gasteiger partial charge in [-0.2, -0.15) is 0 Å². The van der Waals surface area contributed by atoms with Crippen molar-refractivity contribution in [2.45, 2.75) is 32.7 Å². The summed E-state index contributed by atoms with van der Waals surface area (Å²) in [5.74, 6) is 1.38. The molecule has 1 amide bonds. The van der Waals surface area contributed by atoms with Gasteiger partial charge in [-0.15, -0.1) is 12.4 Å². The predicted octanol–water partition coefficient (Wildman–Crippen LogP) is 3.29. The van der Waals surface area contributed by atoms with Crippen LogP contribution in [0.2, 0.25) is 5.02 Å². The fraction of sp³-hybridized carbons (Fsp3) is 0.588. The minimum absolute atomic E-state index is 0. The van der Waals surface area contributed by atoms with Crippen LogP contribution in [0.3, 0.4) is 0 Å². The van der Waals surface area contributed by atoms with Crippen LogP contribution >= 0.6 is 24.0 Å². The van der Waals surface area contributed by atoms with Gasteiger partial charge in [0.05, 0.1) is 18.7 Å². The van der Waals surface area contributed by atoms with E-state index in [-0.39, 0.29) is 24.4 Å². The first kappa shape index (κ1) is 20.9. The molecule has 1 fully saturated rings. The average molecular weight is 377 g/mol. The van der Waals surface area contributed by atoms with E-state index in [1.54, 1.807) is 19.2 Å². The van der Waals surface area contributed by atoms with Gasteiger partial charge >= 0.3 is 0 Å². The Balaban J connectivity index is 0.00000288. The number of halogens is 2. The fourth-order valence-electron chi connectivity index (χ4n) is 2.43. The van der Waals surface area contributed by atoms with Gasteiger partial charge in [0.2, 0.25) is 0 Å². The second-order valence-electron chi connectivity index (χ2n) is 6.18. The van der Waals surface area contributed by atoms with Crippen molar-refractivity contribution in [3.63, 3.8) is 0 Å². The third-order valence-electron chi connectivity index (χ3n) is 3.83. The molecule has 1 saturated heterocycles. The molecule has 0 aliphatic carbocycles. The van der Waals surface area contributed by atoms with Crippen molar-refractivity contribution in [1.29, 1.82) is 0 Å². The molecule has 0 radical (unpaired) electrons. The van der Waals surface area contributed by atoms with E-state index >= 15 is 0 Å². The summed E-state index contributed by atoms with van der Waals surface area (Å²) in [6.45, 7) is 6.55. The molecule has 136 valence electrons. The summed E-state index contributed by atoms with van der Waals surface area (Å²) in [5, 5.41) is 6.61. The minimum atomic E-state index is -0.146. The van der Waals surface area contributed by atoms with E-state index in [0.29, 0.717) is 34.6 Å². The van der Waals surface area contributed by atoms with E-state index in [2.05, 4.69) is 24.5 Å². The van der Waals surface area contributed by atoms with Gasteiger partial charge in [0, 0.05) is 18.2 Å². The molecule has 1 atom stereocenters. The molecular formula is C17H26Cl2N2O3. The number of methoxy groups -OCH3 is 1. The number of nitrogens with one attached hydrogen (secondary N) is 2. The molecule has 24 heavy (non-hydrogen) atoms. The zero-order valence-corrected chi connectivity index (χ0v) is 15.9. The Morgan fingerprint density at radius 3 is 2.79 bits per heavy atom. The van der Waals surface area contributed by atoms with Gasteiger partial charge in [-0.1, -0.05) is 25.4 Å². The molecule has 1 unspecified atom stereocenters. The van der Waals surface area contributed by atoms with Crippen molar-refractivity contribution in [2.75, 3.05) is 26.8 Å². The lowest BCUT2D eigenvalue weighted by Gasteiger charge is -2.16. The molecule has 1 aromatic carbocycles. The van der Waals surface area contributed by atoms with Crippen LogP contribution in [0.15, 0.2) is 12.1 Å². The summed E-state index contributed by atoms with van der Waals surface area (Å²) in [5.41, 5.74) is 0.481. The van der Waals surface area contributed by atoms with Crippen LogP contribution in [0.25, 0.3) is 0 Å². The Labute approximate surface area is 154 Å². The quantitative estimate of drug-likeness (QED) is 0.766. The maximum atomic E-state index is 12.3. The molecule has 1 aliphatic rings. The molecule has 0 bridgehead atoms. The van der Waals surface area contributed by atoms with Crippen LogP contribution in [0.5, 0.6) is 11.5 Å². The van der Waals surface area contributed by atoms with Gasteiger partial charge in [0.25, 0.3) is 5.91 Å². The number of hydrogen-bond donors (Lipinski definition) is 2. The van der Waals surface area contributed by atoms with Crippen LogP contribution < -0.4 is 20.1 Å². The summed E-state index contributed by atoms with van der Waals surface area (Å²) in [7, 11) is 1.55. The summed E-state index contributed by atoms with van der Waals surface area (Å²) in [6.07, 6.45) is 1.86. The predicted molar refractivity (Wildman–Crippen MR) is 98.9 cm³/mol. The third kappa shape index (κ3) is 5.72. The molecule has 1 aromatic rings. The van der Waals surface area contributed by atoms with Gasteiger partial charge in [0.15, 0.2) is 11.5 Å². The zero-order valence-electron chi connectivity index (χ0n) is 14.4. The van der Waals surface area contributed by atoms with Gasteiger partial charge in [-0.3, -0.25) is 4.79 Å². The Bertz CT molecular complexity index is 547. The number of carbonyl (C=O) groups excluding carboxylic acids is 1. The molecule has 2 N–H and O–H groups in total. The molecule has 1 aliphatic heterocycles. The first-order valence-corrected chi connectivity index (χ1v) is 8.41. The van der Waals surface area contributed by atoms with Gasteiger partial charge < -0.3 is 20.1 Å². The molecule has 0 aromatic heterocycles. The monoisotopic (exact) mass is 376 g/mol. The van der Waals surface area contributed by atoms with E-state index in [0.717, 1.165) is 25.9 Å². The number of ether oxygens (including phenoxy) is 2. The highest BCUT2D eigenvalue weighted by molar-refractivity contribution is 6.32. The lowest BCUT2D eigenvalue weighted by atomic mass is 10.1. The average Bonchev–Trinajstić information content (AvgIpc) is 3.00. The van der Waals surface area contributed by atoms with E-state index in [1.165, 1.54) is 0 Å². The van der Waals surface area contributed by atoms with Crippen molar-refractivity contribution >= 4 is 29.9 Å². The van der Waals surface area contributed by atoms with E-state index in [4.69, 9.17) is 21.1 Å². The van der Waals surface area contributed by atoms with Gasteiger partial charge in [0.1, 0.15) is 0 Å². The topological polar surface area (TPSA) is 59.6 Å².